The van der Waals surface area contributed by atoms with E-state index in [9.17, 15) is 4.79 Å². The lowest BCUT2D eigenvalue weighted by atomic mass is 10.1. The van der Waals surface area contributed by atoms with Gasteiger partial charge in [0.15, 0.2) is 0 Å². The summed E-state index contributed by atoms with van der Waals surface area (Å²) in [5, 5.41) is 4.91. The number of thiazole rings is 1. The van der Waals surface area contributed by atoms with E-state index in [0.717, 1.165) is 28.6 Å². The second kappa shape index (κ2) is 8.55. The Morgan fingerprint density at radius 3 is 2.64 bits per heavy atom. The van der Waals surface area contributed by atoms with Gasteiger partial charge >= 0.3 is 6.03 Å². The maximum absolute atomic E-state index is 12.4. The van der Waals surface area contributed by atoms with Gasteiger partial charge in [-0.15, -0.1) is 0 Å². The number of carbonyl (C=O) groups excluding carboxylic acids is 1. The molecule has 0 saturated carbocycles. The summed E-state index contributed by atoms with van der Waals surface area (Å²) in [6, 6.07) is 13.1. The zero-order valence-corrected chi connectivity index (χ0v) is 17.4. The summed E-state index contributed by atoms with van der Waals surface area (Å²) in [4.78, 5) is 18.7. The number of ether oxygens (including phenoxy) is 1. The molecule has 28 heavy (non-hydrogen) atoms. The third-order valence-electron chi connectivity index (χ3n) is 4.70. The van der Waals surface area contributed by atoms with Crippen LogP contribution in [0.3, 0.4) is 0 Å². The number of nitrogens with one attached hydrogen (secondary N) is 1. The van der Waals surface area contributed by atoms with Gasteiger partial charge in [0, 0.05) is 37.5 Å². The van der Waals surface area contributed by atoms with Gasteiger partial charge in [0.1, 0.15) is 11.6 Å². The van der Waals surface area contributed by atoms with E-state index in [-0.39, 0.29) is 12.1 Å². The van der Waals surface area contributed by atoms with Crippen molar-refractivity contribution in [2.75, 3.05) is 13.1 Å². The Morgan fingerprint density at radius 1 is 1.18 bits per heavy atom. The van der Waals surface area contributed by atoms with Crippen LogP contribution in [0.15, 0.2) is 42.5 Å². The number of halogens is 2. The van der Waals surface area contributed by atoms with Crippen molar-refractivity contribution in [2.45, 2.75) is 25.5 Å². The van der Waals surface area contributed by atoms with E-state index in [1.54, 1.807) is 0 Å². The molecular weight excluding hydrogens is 417 g/mol. The van der Waals surface area contributed by atoms with Crippen LogP contribution in [0.5, 0.6) is 5.19 Å². The molecule has 0 unspecified atom stereocenters. The van der Waals surface area contributed by atoms with Crippen LogP contribution in [-0.2, 0) is 6.54 Å². The molecular formula is C20H19Cl2N3O2S. The first kappa shape index (κ1) is 19.3. The van der Waals surface area contributed by atoms with Crippen LogP contribution in [-0.4, -0.2) is 35.1 Å². The molecule has 1 N–H and O–H groups in total. The number of aromatic nitrogens is 1. The lowest BCUT2D eigenvalue weighted by molar-refractivity contribution is 0.111. The van der Waals surface area contributed by atoms with Crippen LogP contribution in [0.4, 0.5) is 4.79 Å². The number of benzene rings is 2. The number of urea groups is 1. The molecule has 0 radical (unpaired) electrons. The summed E-state index contributed by atoms with van der Waals surface area (Å²) in [7, 11) is 0. The van der Waals surface area contributed by atoms with Crippen LogP contribution >= 0.6 is 34.5 Å². The predicted molar refractivity (Wildman–Crippen MR) is 114 cm³/mol. The van der Waals surface area contributed by atoms with Crippen molar-refractivity contribution in [3.63, 3.8) is 0 Å². The van der Waals surface area contributed by atoms with Crippen LogP contribution in [0.2, 0.25) is 10.0 Å². The standard InChI is InChI=1S/C20H19Cl2N3O2S/c21-14-6-4-13(5-7-14)12-23-19(26)25-10-8-15(9-11-25)27-20-24-18-16(22)2-1-3-17(18)28-20/h1-7,15H,8-12H2,(H,23,26). The van der Waals surface area contributed by atoms with Crippen LogP contribution in [0, 0.1) is 0 Å². The molecule has 0 spiro atoms. The summed E-state index contributed by atoms with van der Waals surface area (Å²) < 4.78 is 7.06. The summed E-state index contributed by atoms with van der Waals surface area (Å²) in [6.45, 7) is 1.80. The number of para-hydroxylation sites is 1. The first-order valence-corrected chi connectivity index (χ1v) is 10.6. The Balaban J connectivity index is 1.27. The fourth-order valence-corrected chi connectivity index (χ4v) is 4.46. The van der Waals surface area contributed by atoms with Gasteiger partial charge < -0.3 is 15.0 Å². The minimum Gasteiger partial charge on any atom is -0.467 e. The molecule has 1 aromatic heterocycles. The molecule has 2 heterocycles. The molecule has 2 amide bonds. The van der Waals surface area contributed by atoms with E-state index < -0.39 is 0 Å². The second-order valence-electron chi connectivity index (χ2n) is 6.66. The Labute approximate surface area is 177 Å². The second-order valence-corrected chi connectivity index (χ2v) is 8.49. The first-order valence-electron chi connectivity index (χ1n) is 9.07. The van der Waals surface area contributed by atoms with Crippen molar-refractivity contribution in [3.8, 4) is 5.19 Å². The molecule has 0 bridgehead atoms. The van der Waals surface area contributed by atoms with Gasteiger partial charge in [0.05, 0.1) is 9.72 Å². The molecule has 1 aliphatic heterocycles. The Morgan fingerprint density at radius 2 is 1.93 bits per heavy atom. The number of likely N-dealkylation sites (tertiary alicyclic amines) is 1. The summed E-state index contributed by atoms with van der Waals surface area (Å²) in [5.74, 6) is 0. The molecule has 1 fully saturated rings. The summed E-state index contributed by atoms with van der Waals surface area (Å²) >= 11 is 13.6. The van der Waals surface area contributed by atoms with Crippen LogP contribution in [0.25, 0.3) is 10.2 Å². The van der Waals surface area contributed by atoms with E-state index in [2.05, 4.69) is 10.3 Å². The number of amides is 2. The van der Waals surface area contributed by atoms with Crippen molar-refractivity contribution < 1.29 is 9.53 Å². The molecule has 1 aliphatic rings. The van der Waals surface area contributed by atoms with Crippen molar-refractivity contribution >= 4 is 50.8 Å². The van der Waals surface area contributed by atoms with Crippen molar-refractivity contribution in [1.29, 1.82) is 0 Å². The molecule has 2 aromatic carbocycles. The molecule has 3 aromatic rings. The van der Waals surface area contributed by atoms with Crippen molar-refractivity contribution in [2.24, 2.45) is 0 Å². The van der Waals surface area contributed by atoms with E-state index in [1.165, 1.54) is 11.3 Å². The summed E-state index contributed by atoms with van der Waals surface area (Å²) in [6.07, 6.45) is 1.61. The van der Waals surface area contributed by atoms with Gasteiger partial charge in [-0.25, -0.2) is 9.78 Å². The third-order valence-corrected chi connectivity index (χ3v) is 6.17. The fourth-order valence-electron chi connectivity index (χ4n) is 3.16. The van der Waals surface area contributed by atoms with Crippen molar-refractivity contribution in [3.05, 3.63) is 58.1 Å². The summed E-state index contributed by atoms with van der Waals surface area (Å²) in [5.41, 5.74) is 1.80. The van der Waals surface area contributed by atoms with Gasteiger partial charge in [-0.2, -0.15) is 0 Å². The predicted octanol–water partition coefficient (Wildman–Crippen LogP) is 5.36. The third kappa shape index (κ3) is 4.51. The number of fused-ring (bicyclic) bond motifs is 1. The molecule has 0 aliphatic carbocycles. The zero-order chi connectivity index (χ0) is 19.5. The fraction of sp³-hybridized carbons (Fsp3) is 0.300. The number of hydrogen-bond acceptors (Lipinski definition) is 4. The SMILES string of the molecule is O=C(NCc1ccc(Cl)cc1)N1CCC(Oc2nc3c(Cl)cccc3s2)CC1. The average molecular weight is 436 g/mol. The minimum absolute atomic E-state index is 0.0552. The molecule has 146 valence electrons. The number of piperidine rings is 1. The lowest BCUT2D eigenvalue weighted by Crippen LogP contribution is -2.46. The van der Waals surface area contributed by atoms with Crippen molar-refractivity contribution in [1.82, 2.24) is 15.2 Å². The number of carbonyl (C=O) groups is 1. The number of rotatable bonds is 4. The minimum atomic E-state index is -0.0554. The Bertz CT molecular complexity index is 969. The molecule has 8 heteroatoms. The molecule has 5 nitrogen and oxygen atoms in total. The van der Waals surface area contributed by atoms with Gasteiger partial charge in [0.2, 0.25) is 0 Å². The van der Waals surface area contributed by atoms with Gasteiger partial charge in [-0.1, -0.05) is 52.7 Å². The first-order chi connectivity index (χ1) is 13.6. The molecule has 0 atom stereocenters. The van der Waals surface area contributed by atoms with Crippen LogP contribution in [0.1, 0.15) is 18.4 Å². The van der Waals surface area contributed by atoms with E-state index in [1.807, 2.05) is 47.4 Å². The highest BCUT2D eigenvalue weighted by Crippen LogP contribution is 2.33. The normalized spacial score (nSPS) is 15.0. The van der Waals surface area contributed by atoms with Gasteiger partial charge in [-0.3, -0.25) is 0 Å². The monoisotopic (exact) mass is 435 g/mol. The number of nitrogens with zero attached hydrogens (tertiary/aromatic N) is 2. The lowest BCUT2D eigenvalue weighted by Gasteiger charge is -2.31. The highest BCUT2D eigenvalue weighted by atomic mass is 35.5. The average Bonchev–Trinajstić information content (AvgIpc) is 3.12. The van der Waals surface area contributed by atoms with Crippen LogP contribution < -0.4 is 10.1 Å². The maximum Gasteiger partial charge on any atom is 0.317 e. The Hall–Kier alpha value is -2.02. The van der Waals surface area contributed by atoms with E-state index in [0.29, 0.717) is 34.9 Å². The zero-order valence-electron chi connectivity index (χ0n) is 15.0. The largest absolute Gasteiger partial charge is 0.467 e. The smallest absolute Gasteiger partial charge is 0.317 e. The highest BCUT2D eigenvalue weighted by Gasteiger charge is 2.24. The molecule has 1 saturated heterocycles. The van der Waals surface area contributed by atoms with Gasteiger partial charge in [0.25, 0.3) is 5.19 Å². The van der Waals surface area contributed by atoms with Gasteiger partial charge in [-0.05, 0) is 29.8 Å². The highest BCUT2D eigenvalue weighted by molar-refractivity contribution is 7.20. The van der Waals surface area contributed by atoms with E-state index in [4.69, 9.17) is 27.9 Å². The molecule has 4 rings (SSSR count). The topological polar surface area (TPSA) is 54.5 Å². The van der Waals surface area contributed by atoms with E-state index >= 15 is 0 Å². The quantitative estimate of drug-likeness (QED) is 0.600. The number of hydrogen-bond donors (Lipinski definition) is 1. The Kier molecular flexibility index (Phi) is 5.90. The maximum atomic E-state index is 12.4.